The molecule has 3 heteroatoms. The van der Waals surface area contributed by atoms with Gasteiger partial charge in [0.05, 0.1) is 19.8 Å². The lowest BCUT2D eigenvalue weighted by molar-refractivity contribution is 0.0548. The molecule has 1 N–H and O–H groups in total. The van der Waals surface area contributed by atoms with Gasteiger partial charge in [-0.1, -0.05) is 13.0 Å². The minimum atomic E-state index is -0.564. The monoisotopic (exact) mass is 238 g/mol. The van der Waals surface area contributed by atoms with Crippen LogP contribution >= 0.6 is 0 Å². The van der Waals surface area contributed by atoms with Crippen molar-refractivity contribution in [2.75, 3.05) is 20.8 Å². The molecule has 96 valence electrons. The van der Waals surface area contributed by atoms with Gasteiger partial charge < -0.3 is 14.6 Å². The van der Waals surface area contributed by atoms with E-state index >= 15 is 0 Å². The lowest BCUT2D eigenvalue weighted by atomic mass is 9.92. The van der Waals surface area contributed by atoms with Gasteiger partial charge in [0.2, 0.25) is 0 Å². The van der Waals surface area contributed by atoms with Crippen molar-refractivity contribution in [2.45, 2.75) is 26.9 Å². The maximum Gasteiger partial charge on any atom is 0.125 e. The molecule has 17 heavy (non-hydrogen) atoms. The van der Waals surface area contributed by atoms with Gasteiger partial charge in [-0.05, 0) is 31.0 Å². The molecule has 0 amide bonds. The second kappa shape index (κ2) is 6.03. The van der Waals surface area contributed by atoms with E-state index in [9.17, 15) is 5.11 Å². The molecular formula is C14H22O3. The average molecular weight is 238 g/mol. The summed E-state index contributed by atoms with van der Waals surface area (Å²) in [6.07, 6.45) is -0.564. The largest absolute Gasteiger partial charge is 0.496 e. The Bertz CT molecular complexity index is 374. The highest BCUT2D eigenvalue weighted by atomic mass is 16.5. The van der Waals surface area contributed by atoms with E-state index < -0.39 is 6.10 Å². The summed E-state index contributed by atoms with van der Waals surface area (Å²) in [7, 11) is 3.27. The summed E-state index contributed by atoms with van der Waals surface area (Å²) < 4.78 is 10.4. The molecule has 0 aliphatic heterocycles. The fourth-order valence-corrected chi connectivity index (χ4v) is 2.13. The minimum Gasteiger partial charge on any atom is -0.496 e. The van der Waals surface area contributed by atoms with Crippen LogP contribution in [0.5, 0.6) is 5.75 Å². The lowest BCUT2D eigenvalue weighted by Crippen LogP contribution is -2.16. The van der Waals surface area contributed by atoms with Crippen molar-refractivity contribution in [1.82, 2.24) is 0 Å². The fraction of sp³-hybridized carbons (Fsp3) is 0.571. The summed E-state index contributed by atoms with van der Waals surface area (Å²) in [5.41, 5.74) is 3.05. The number of hydrogen-bond donors (Lipinski definition) is 1. The van der Waals surface area contributed by atoms with Gasteiger partial charge in [-0.15, -0.1) is 0 Å². The van der Waals surface area contributed by atoms with Crippen LogP contribution in [0.2, 0.25) is 0 Å². The van der Waals surface area contributed by atoms with Crippen molar-refractivity contribution in [3.8, 4) is 5.75 Å². The van der Waals surface area contributed by atoms with Gasteiger partial charge in [0.25, 0.3) is 0 Å². The maximum absolute atomic E-state index is 10.3. The van der Waals surface area contributed by atoms with Crippen LogP contribution in [0.15, 0.2) is 12.1 Å². The van der Waals surface area contributed by atoms with Gasteiger partial charge in [-0.3, -0.25) is 0 Å². The molecular weight excluding hydrogens is 216 g/mol. The van der Waals surface area contributed by atoms with Crippen molar-refractivity contribution in [1.29, 1.82) is 0 Å². The van der Waals surface area contributed by atoms with Gasteiger partial charge in [0.1, 0.15) is 5.75 Å². The van der Waals surface area contributed by atoms with Crippen molar-refractivity contribution in [3.63, 3.8) is 0 Å². The van der Waals surface area contributed by atoms with Crippen molar-refractivity contribution in [2.24, 2.45) is 5.92 Å². The molecule has 0 spiro atoms. The van der Waals surface area contributed by atoms with Crippen LogP contribution < -0.4 is 4.74 Å². The standard InChI is InChI=1S/C14H22O3/c1-9-6-10(2)13(12(7-9)17-5)14(15)11(3)8-16-4/h6-7,11,14-15H,8H2,1-5H3. The molecule has 0 aromatic heterocycles. The molecule has 0 aliphatic carbocycles. The Morgan fingerprint density at radius 3 is 2.41 bits per heavy atom. The van der Waals surface area contributed by atoms with Crippen molar-refractivity contribution >= 4 is 0 Å². The number of rotatable bonds is 5. The summed E-state index contributed by atoms with van der Waals surface area (Å²) in [6, 6.07) is 4.01. The number of aryl methyl sites for hydroxylation is 2. The molecule has 0 saturated carbocycles. The molecule has 2 atom stereocenters. The van der Waals surface area contributed by atoms with Crippen LogP contribution in [0.25, 0.3) is 0 Å². The smallest absolute Gasteiger partial charge is 0.125 e. The van der Waals surface area contributed by atoms with Gasteiger partial charge in [0.15, 0.2) is 0 Å². The number of aliphatic hydroxyl groups is 1. The second-order valence-electron chi connectivity index (χ2n) is 4.58. The van der Waals surface area contributed by atoms with Gasteiger partial charge in [0, 0.05) is 18.6 Å². The molecule has 0 bridgehead atoms. The number of hydrogen-bond acceptors (Lipinski definition) is 3. The van der Waals surface area contributed by atoms with Crippen LogP contribution in [0.3, 0.4) is 0 Å². The Balaban J connectivity index is 3.11. The summed E-state index contributed by atoms with van der Waals surface area (Å²) in [5, 5.41) is 10.3. The topological polar surface area (TPSA) is 38.7 Å². The Hall–Kier alpha value is -1.06. The summed E-state index contributed by atoms with van der Waals surface area (Å²) in [6.45, 7) is 6.50. The zero-order chi connectivity index (χ0) is 13.0. The molecule has 1 rings (SSSR count). The van der Waals surface area contributed by atoms with E-state index in [2.05, 4.69) is 6.07 Å². The highest BCUT2D eigenvalue weighted by molar-refractivity contribution is 5.44. The summed E-state index contributed by atoms with van der Waals surface area (Å²) >= 11 is 0. The first kappa shape index (κ1) is 14.0. The predicted octanol–water partition coefficient (Wildman–Crippen LogP) is 2.63. The Morgan fingerprint density at radius 1 is 1.24 bits per heavy atom. The minimum absolute atomic E-state index is 0.0373. The van der Waals surface area contributed by atoms with E-state index in [0.717, 1.165) is 22.4 Å². The van der Waals surface area contributed by atoms with Crippen LogP contribution in [-0.2, 0) is 4.74 Å². The molecule has 0 saturated heterocycles. The molecule has 0 fully saturated rings. The van der Waals surface area contributed by atoms with Gasteiger partial charge in [-0.2, -0.15) is 0 Å². The quantitative estimate of drug-likeness (QED) is 0.857. The molecule has 2 unspecified atom stereocenters. The third kappa shape index (κ3) is 3.20. The first-order chi connectivity index (χ1) is 8.01. The van der Waals surface area contributed by atoms with E-state index in [1.54, 1.807) is 14.2 Å². The second-order valence-corrected chi connectivity index (χ2v) is 4.58. The first-order valence-electron chi connectivity index (χ1n) is 5.83. The molecule has 1 aromatic rings. The first-order valence-corrected chi connectivity index (χ1v) is 5.83. The molecule has 3 nitrogen and oxygen atoms in total. The van der Waals surface area contributed by atoms with Crippen molar-refractivity contribution < 1.29 is 14.6 Å². The van der Waals surface area contributed by atoms with E-state index in [1.807, 2.05) is 26.8 Å². The third-order valence-electron chi connectivity index (χ3n) is 2.98. The lowest BCUT2D eigenvalue weighted by Gasteiger charge is -2.23. The maximum atomic E-state index is 10.3. The van der Waals surface area contributed by atoms with Crippen LogP contribution in [0, 0.1) is 19.8 Å². The van der Waals surface area contributed by atoms with Crippen LogP contribution in [-0.4, -0.2) is 25.9 Å². The fourth-order valence-electron chi connectivity index (χ4n) is 2.13. The van der Waals surface area contributed by atoms with Crippen LogP contribution in [0.4, 0.5) is 0 Å². The van der Waals surface area contributed by atoms with E-state index in [-0.39, 0.29) is 5.92 Å². The third-order valence-corrected chi connectivity index (χ3v) is 2.98. The number of ether oxygens (including phenoxy) is 2. The summed E-state index contributed by atoms with van der Waals surface area (Å²) in [4.78, 5) is 0. The van der Waals surface area contributed by atoms with Gasteiger partial charge >= 0.3 is 0 Å². The Morgan fingerprint density at radius 2 is 1.88 bits per heavy atom. The SMILES string of the molecule is COCC(C)C(O)c1c(C)cc(C)cc1OC. The average Bonchev–Trinajstić information content (AvgIpc) is 2.27. The number of aliphatic hydroxyl groups excluding tert-OH is 1. The highest BCUT2D eigenvalue weighted by Gasteiger charge is 2.22. The Kier molecular flexibility index (Phi) is 4.97. The number of benzene rings is 1. The molecule has 0 radical (unpaired) electrons. The molecule has 0 heterocycles. The molecule has 1 aromatic carbocycles. The van der Waals surface area contributed by atoms with E-state index in [1.165, 1.54) is 0 Å². The highest BCUT2D eigenvalue weighted by Crippen LogP contribution is 2.33. The molecule has 0 aliphatic rings. The van der Waals surface area contributed by atoms with Crippen molar-refractivity contribution in [3.05, 3.63) is 28.8 Å². The van der Waals surface area contributed by atoms with E-state index in [0.29, 0.717) is 6.61 Å². The van der Waals surface area contributed by atoms with Gasteiger partial charge in [-0.25, -0.2) is 0 Å². The van der Waals surface area contributed by atoms with E-state index in [4.69, 9.17) is 9.47 Å². The number of methoxy groups -OCH3 is 2. The predicted molar refractivity (Wildman–Crippen MR) is 68.5 cm³/mol. The zero-order valence-electron chi connectivity index (χ0n) is 11.3. The normalized spacial score (nSPS) is 14.5. The Labute approximate surface area is 103 Å². The summed E-state index contributed by atoms with van der Waals surface area (Å²) in [5.74, 6) is 0.785. The zero-order valence-corrected chi connectivity index (χ0v) is 11.3. The van der Waals surface area contributed by atoms with Crippen LogP contribution in [0.1, 0.15) is 29.7 Å².